The molecule has 1 heterocycles. The number of halogens is 1. The fourth-order valence-electron chi connectivity index (χ4n) is 2.35. The van der Waals surface area contributed by atoms with Gasteiger partial charge in [0, 0.05) is 11.6 Å². The first-order valence-corrected chi connectivity index (χ1v) is 7.10. The van der Waals surface area contributed by atoms with Gasteiger partial charge in [0.15, 0.2) is 0 Å². The average molecular weight is 311 g/mol. The van der Waals surface area contributed by atoms with Crippen LogP contribution in [0.3, 0.4) is 0 Å². The van der Waals surface area contributed by atoms with Gasteiger partial charge in [-0.05, 0) is 37.1 Å². The molecule has 0 aliphatic heterocycles. The predicted molar refractivity (Wildman–Crippen MR) is 82.9 cm³/mol. The molecule has 2 rings (SSSR count). The largest absolute Gasteiger partial charge is 0.495 e. The minimum absolute atomic E-state index is 0.151. The van der Waals surface area contributed by atoms with Gasteiger partial charge in [0.2, 0.25) is 0 Å². The summed E-state index contributed by atoms with van der Waals surface area (Å²) in [6.45, 7) is 0.771. The molecule has 0 radical (unpaired) electrons. The summed E-state index contributed by atoms with van der Waals surface area (Å²) >= 11 is 6.18. The number of hydrogen-bond donors (Lipinski definition) is 1. The third-order valence-corrected chi connectivity index (χ3v) is 3.71. The van der Waals surface area contributed by atoms with E-state index in [4.69, 9.17) is 26.8 Å². The Morgan fingerprint density at radius 2 is 2.14 bits per heavy atom. The number of methoxy groups -OCH3 is 2. The summed E-state index contributed by atoms with van der Waals surface area (Å²) in [5.41, 5.74) is 7.59. The van der Waals surface area contributed by atoms with E-state index in [1.165, 1.54) is 7.11 Å². The maximum atomic E-state index is 11.5. The van der Waals surface area contributed by atoms with Crippen LogP contribution in [0, 0.1) is 0 Å². The number of nitrogens with zero attached hydrogens (tertiary/aromatic N) is 1. The van der Waals surface area contributed by atoms with Crippen LogP contribution in [-0.2, 0) is 22.5 Å². The SMILES string of the molecule is COC(=O)Cn1cc(CCCN)c2cc(OC)c(Cl)cc21. The van der Waals surface area contributed by atoms with Crippen LogP contribution in [-0.4, -0.2) is 31.3 Å². The van der Waals surface area contributed by atoms with Crippen LogP contribution < -0.4 is 10.5 Å². The molecule has 0 bridgehead atoms. The summed E-state index contributed by atoms with van der Waals surface area (Å²) in [4.78, 5) is 11.5. The minimum atomic E-state index is -0.302. The molecule has 0 saturated carbocycles. The van der Waals surface area contributed by atoms with E-state index >= 15 is 0 Å². The van der Waals surface area contributed by atoms with Gasteiger partial charge in [-0.2, -0.15) is 0 Å². The molecule has 1 aromatic carbocycles. The lowest BCUT2D eigenvalue weighted by Gasteiger charge is -2.06. The zero-order valence-electron chi connectivity index (χ0n) is 12.2. The number of carbonyl (C=O) groups is 1. The van der Waals surface area contributed by atoms with Crippen LogP contribution in [0.15, 0.2) is 18.3 Å². The van der Waals surface area contributed by atoms with Crippen molar-refractivity contribution < 1.29 is 14.3 Å². The van der Waals surface area contributed by atoms with E-state index < -0.39 is 0 Å². The number of carbonyl (C=O) groups excluding carboxylic acids is 1. The van der Waals surface area contributed by atoms with Gasteiger partial charge < -0.3 is 19.8 Å². The lowest BCUT2D eigenvalue weighted by Crippen LogP contribution is -2.10. The van der Waals surface area contributed by atoms with E-state index in [0.29, 0.717) is 17.3 Å². The fourth-order valence-corrected chi connectivity index (χ4v) is 2.58. The Labute approximate surface area is 128 Å². The van der Waals surface area contributed by atoms with Gasteiger partial charge in [-0.15, -0.1) is 0 Å². The number of nitrogens with two attached hydrogens (primary N) is 1. The van der Waals surface area contributed by atoms with Crippen molar-refractivity contribution in [3.05, 3.63) is 28.9 Å². The molecule has 6 heteroatoms. The number of hydrogen-bond acceptors (Lipinski definition) is 4. The molecular weight excluding hydrogens is 292 g/mol. The highest BCUT2D eigenvalue weighted by atomic mass is 35.5. The van der Waals surface area contributed by atoms with E-state index in [1.807, 2.05) is 22.9 Å². The van der Waals surface area contributed by atoms with Crippen LogP contribution in [0.4, 0.5) is 0 Å². The molecule has 0 atom stereocenters. The Kier molecular flexibility index (Phi) is 5.09. The molecule has 0 aliphatic carbocycles. The normalized spacial score (nSPS) is 10.9. The molecule has 2 aromatic rings. The third-order valence-electron chi connectivity index (χ3n) is 3.41. The van der Waals surface area contributed by atoms with Crippen molar-refractivity contribution >= 4 is 28.5 Å². The van der Waals surface area contributed by atoms with E-state index in [9.17, 15) is 4.79 Å². The molecule has 0 spiro atoms. The van der Waals surface area contributed by atoms with Gasteiger partial charge in [-0.3, -0.25) is 4.79 Å². The monoisotopic (exact) mass is 310 g/mol. The van der Waals surface area contributed by atoms with Crippen LogP contribution in [0.25, 0.3) is 10.9 Å². The van der Waals surface area contributed by atoms with Crippen molar-refractivity contribution in [1.82, 2.24) is 4.57 Å². The van der Waals surface area contributed by atoms with Crippen LogP contribution in [0.1, 0.15) is 12.0 Å². The molecule has 5 nitrogen and oxygen atoms in total. The first-order valence-electron chi connectivity index (χ1n) is 6.72. The van der Waals surface area contributed by atoms with Crippen LogP contribution >= 0.6 is 11.6 Å². The van der Waals surface area contributed by atoms with Gasteiger partial charge in [-0.1, -0.05) is 11.6 Å². The Morgan fingerprint density at radius 3 is 2.76 bits per heavy atom. The highest BCUT2D eigenvalue weighted by Gasteiger charge is 2.14. The van der Waals surface area contributed by atoms with Crippen molar-refractivity contribution in [3.8, 4) is 5.75 Å². The summed E-state index contributed by atoms with van der Waals surface area (Å²) in [6.07, 6.45) is 3.67. The van der Waals surface area contributed by atoms with Gasteiger partial charge >= 0.3 is 5.97 Å². The highest BCUT2D eigenvalue weighted by Crippen LogP contribution is 2.33. The molecule has 21 heavy (non-hydrogen) atoms. The quantitative estimate of drug-likeness (QED) is 0.832. The first kappa shape index (κ1) is 15.7. The lowest BCUT2D eigenvalue weighted by atomic mass is 10.1. The zero-order valence-corrected chi connectivity index (χ0v) is 12.9. The summed E-state index contributed by atoms with van der Waals surface area (Å²) in [6, 6.07) is 3.71. The lowest BCUT2D eigenvalue weighted by molar-refractivity contribution is -0.141. The number of esters is 1. The van der Waals surface area contributed by atoms with Crippen molar-refractivity contribution in [2.75, 3.05) is 20.8 Å². The summed E-state index contributed by atoms with van der Waals surface area (Å²) in [5.74, 6) is 0.318. The van der Waals surface area contributed by atoms with Crippen molar-refractivity contribution in [1.29, 1.82) is 0 Å². The maximum absolute atomic E-state index is 11.5. The van der Waals surface area contributed by atoms with E-state index in [-0.39, 0.29) is 12.5 Å². The third kappa shape index (κ3) is 3.31. The molecule has 0 amide bonds. The number of ether oxygens (including phenoxy) is 2. The van der Waals surface area contributed by atoms with Gasteiger partial charge in [0.1, 0.15) is 12.3 Å². The first-order chi connectivity index (χ1) is 10.1. The Balaban J connectivity index is 2.52. The van der Waals surface area contributed by atoms with Crippen LogP contribution in [0.5, 0.6) is 5.75 Å². The Hall–Kier alpha value is -1.72. The standard InChI is InChI=1S/C15H19ClN2O3/c1-20-14-6-11-10(4-3-5-17)8-18(9-15(19)21-2)13(11)7-12(14)16/h6-8H,3-5,9,17H2,1-2H3. The molecular formula is C15H19ClN2O3. The number of fused-ring (bicyclic) bond motifs is 1. The second-order valence-corrected chi connectivity index (χ2v) is 5.16. The second kappa shape index (κ2) is 6.83. The van der Waals surface area contributed by atoms with Crippen molar-refractivity contribution in [2.45, 2.75) is 19.4 Å². The number of aryl methyl sites for hydroxylation is 1. The number of rotatable bonds is 6. The molecule has 0 fully saturated rings. The topological polar surface area (TPSA) is 66.5 Å². The number of benzene rings is 1. The van der Waals surface area contributed by atoms with Crippen molar-refractivity contribution in [2.24, 2.45) is 5.73 Å². The zero-order chi connectivity index (χ0) is 15.4. The second-order valence-electron chi connectivity index (χ2n) is 4.75. The highest BCUT2D eigenvalue weighted by molar-refractivity contribution is 6.32. The van der Waals surface area contributed by atoms with E-state index in [0.717, 1.165) is 29.3 Å². The molecule has 0 unspecified atom stereocenters. The number of aromatic nitrogens is 1. The predicted octanol–water partition coefficient (Wildman–Crippen LogP) is 2.37. The van der Waals surface area contributed by atoms with E-state index in [2.05, 4.69) is 0 Å². The van der Waals surface area contributed by atoms with E-state index in [1.54, 1.807) is 7.11 Å². The maximum Gasteiger partial charge on any atom is 0.325 e. The fraction of sp³-hybridized carbons (Fsp3) is 0.400. The van der Waals surface area contributed by atoms with Gasteiger partial charge in [0.05, 0.1) is 24.8 Å². The summed E-state index contributed by atoms with van der Waals surface area (Å²) < 4.78 is 11.8. The summed E-state index contributed by atoms with van der Waals surface area (Å²) in [5, 5.41) is 1.54. The molecule has 114 valence electrons. The Morgan fingerprint density at radius 1 is 1.38 bits per heavy atom. The van der Waals surface area contributed by atoms with Crippen molar-refractivity contribution in [3.63, 3.8) is 0 Å². The van der Waals surface area contributed by atoms with Gasteiger partial charge in [-0.25, -0.2) is 0 Å². The van der Waals surface area contributed by atoms with Crippen LogP contribution in [0.2, 0.25) is 5.02 Å². The Bertz CT molecular complexity index is 652. The molecule has 1 aromatic heterocycles. The van der Waals surface area contributed by atoms with Gasteiger partial charge in [0.25, 0.3) is 0 Å². The minimum Gasteiger partial charge on any atom is -0.495 e. The molecule has 0 saturated heterocycles. The molecule has 0 aliphatic rings. The average Bonchev–Trinajstić information content (AvgIpc) is 2.81. The smallest absolute Gasteiger partial charge is 0.325 e. The molecule has 2 N–H and O–H groups in total. The summed E-state index contributed by atoms with van der Waals surface area (Å²) in [7, 11) is 2.96.